The number of aliphatic hydroxyl groups is 1. The molecular weight excluding hydrogens is 310 g/mol. The summed E-state index contributed by atoms with van der Waals surface area (Å²) >= 11 is 0. The Hall–Kier alpha value is -1.06. The molecule has 0 amide bonds. The molecule has 0 heterocycles. The van der Waals surface area contributed by atoms with Crippen LogP contribution in [0.1, 0.15) is 70.3 Å². The second kappa shape index (κ2) is 13.2. The SMILES string of the molecule is CCCCCCCCCCC[N+](C)(CCO)Cc1ccc(OC)cc1. The minimum Gasteiger partial charge on any atom is -0.497 e. The molecule has 1 aromatic rings. The van der Waals surface area contributed by atoms with Crippen molar-refractivity contribution in [1.29, 1.82) is 0 Å². The van der Waals surface area contributed by atoms with Crippen LogP contribution >= 0.6 is 0 Å². The van der Waals surface area contributed by atoms with Crippen LogP contribution in [0.25, 0.3) is 0 Å². The van der Waals surface area contributed by atoms with Crippen molar-refractivity contribution in [3.63, 3.8) is 0 Å². The number of rotatable bonds is 15. The van der Waals surface area contributed by atoms with Crippen molar-refractivity contribution in [3.05, 3.63) is 29.8 Å². The van der Waals surface area contributed by atoms with Crippen molar-refractivity contribution in [2.45, 2.75) is 71.3 Å². The molecule has 0 aromatic heterocycles. The smallest absolute Gasteiger partial charge is 0.118 e. The van der Waals surface area contributed by atoms with Crippen LogP contribution in [0.15, 0.2) is 24.3 Å². The molecule has 144 valence electrons. The lowest BCUT2D eigenvalue weighted by Crippen LogP contribution is -2.46. The molecule has 0 aliphatic carbocycles. The number of benzene rings is 1. The van der Waals surface area contributed by atoms with Gasteiger partial charge >= 0.3 is 0 Å². The highest BCUT2D eigenvalue weighted by atomic mass is 16.5. The van der Waals surface area contributed by atoms with Gasteiger partial charge < -0.3 is 14.3 Å². The number of likely N-dealkylation sites (N-methyl/N-ethyl adjacent to an activating group) is 1. The molecule has 1 rings (SSSR count). The van der Waals surface area contributed by atoms with E-state index in [9.17, 15) is 5.11 Å². The molecular formula is C22H40NO2+. The first-order valence-corrected chi connectivity index (χ1v) is 10.2. The van der Waals surface area contributed by atoms with Crippen LogP contribution in [-0.4, -0.2) is 43.4 Å². The van der Waals surface area contributed by atoms with Gasteiger partial charge in [-0.15, -0.1) is 0 Å². The largest absolute Gasteiger partial charge is 0.497 e. The van der Waals surface area contributed by atoms with E-state index < -0.39 is 0 Å². The molecule has 0 fully saturated rings. The monoisotopic (exact) mass is 350 g/mol. The summed E-state index contributed by atoms with van der Waals surface area (Å²) in [5, 5.41) is 9.47. The van der Waals surface area contributed by atoms with Crippen LogP contribution in [0.5, 0.6) is 5.75 Å². The number of quaternary nitrogens is 1. The second-order valence-electron chi connectivity index (χ2n) is 7.62. The molecule has 1 N–H and O–H groups in total. The Morgan fingerprint density at radius 2 is 1.40 bits per heavy atom. The summed E-state index contributed by atoms with van der Waals surface area (Å²) in [7, 11) is 3.97. The minimum absolute atomic E-state index is 0.254. The molecule has 1 atom stereocenters. The first-order valence-electron chi connectivity index (χ1n) is 10.2. The number of methoxy groups -OCH3 is 1. The third-order valence-electron chi connectivity index (χ3n) is 5.16. The van der Waals surface area contributed by atoms with E-state index in [0.717, 1.165) is 29.9 Å². The van der Waals surface area contributed by atoms with E-state index in [0.29, 0.717) is 0 Å². The lowest BCUT2D eigenvalue weighted by molar-refractivity contribution is -0.923. The Bertz CT molecular complexity index is 432. The van der Waals surface area contributed by atoms with Crippen LogP contribution in [0, 0.1) is 0 Å². The maximum Gasteiger partial charge on any atom is 0.118 e. The lowest BCUT2D eigenvalue weighted by atomic mass is 10.1. The van der Waals surface area contributed by atoms with Crippen molar-refractivity contribution in [2.75, 3.05) is 33.9 Å². The Morgan fingerprint density at radius 3 is 1.92 bits per heavy atom. The predicted octanol–water partition coefficient (Wildman–Crippen LogP) is 5.16. The van der Waals surface area contributed by atoms with E-state index in [4.69, 9.17) is 4.74 Å². The molecule has 25 heavy (non-hydrogen) atoms. The Labute approximate surface area is 155 Å². The van der Waals surface area contributed by atoms with Crippen molar-refractivity contribution >= 4 is 0 Å². The fourth-order valence-electron chi connectivity index (χ4n) is 3.49. The van der Waals surface area contributed by atoms with Gasteiger partial charge in [0.05, 0.1) is 27.3 Å². The van der Waals surface area contributed by atoms with Gasteiger partial charge in [0.1, 0.15) is 18.8 Å². The number of hydrogen-bond donors (Lipinski definition) is 1. The molecule has 3 heteroatoms. The Morgan fingerprint density at radius 1 is 0.840 bits per heavy atom. The number of ether oxygens (including phenoxy) is 1. The third kappa shape index (κ3) is 9.86. The second-order valence-corrected chi connectivity index (χ2v) is 7.62. The van der Waals surface area contributed by atoms with Gasteiger partial charge in [-0.1, -0.05) is 51.9 Å². The van der Waals surface area contributed by atoms with Gasteiger partial charge in [-0.3, -0.25) is 0 Å². The van der Waals surface area contributed by atoms with Gasteiger partial charge in [0.15, 0.2) is 0 Å². The van der Waals surface area contributed by atoms with Gasteiger partial charge in [-0.05, 0) is 37.1 Å². The summed E-state index contributed by atoms with van der Waals surface area (Å²) in [5.74, 6) is 0.902. The Balaban J connectivity index is 2.29. The van der Waals surface area contributed by atoms with Gasteiger partial charge in [0.25, 0.3) is 0 Å². The summed E-state index contributed by atoms with van der Waals surface area (Å²) in [4.78, 5) is 0. The van der Waals surface area contributed by atoms with Crippen molar-refractivity contribution in [2.24, 2.45) is 0 Å². The van der Waals surface area contributed by atoms with Crippen LogP contribution in [0.4, 0.5) is 0 Å². The zero-order valence-corrected chi connectivity index (χ0v) is 16.8. The fourth-order valence-corrected chi connectivity index (χ4v) is 3.49. The van der Waals surface area contributed by atoms with E-state index in [1.54, 1.807) is 7.11 Å². The van der Waals surface area contributed by atoms with Gasteiger partial charge in [0, 0.05) is 5.56 Å². The highest BCUT2D eigenvalue weighted by Crippen LogP contribution is 2.18. The minimum atomic E-state index is 0.254. The molecule has 3 nitrogen and oxygen atoms in total. The number of nitrogens with zero attached hydrogens (tertiary/aromatic N) is 1. The number of hydrogen-bond acceptors (Lipinski definition) is 2. The highest BCUT2D eigenvalue weighted by Gasteiger charge is 2.21. The predicted molar refractivity (Wildman–Crippen MR) is 107 cm³/mol. The zero-order chi connectivity index (χ0) is 18.4. The molecule has 1 unspecified atom stereocenters. The van der Waals surface area contributed by atoms with Crippen LogP contribution in [-0.2, 0) is 6.54 Å². The fraction of sp³-hybridized carbons (Fsp3) is 0.727. The summed E-state index contributed by atoms with van der Waals surface area (Å²) in [6, 6.07) is 8.33. The quantitative estimate of drug-likeness (QED) is 0.349. The molecule has 0 aliphatic heterocycles. The van der Waals surface area contributed by atoms with Crippen molar-refractivity contribution in [1.82, 2.24) is 0 Å². The number of aliphatic hydroxyl groups excluding tert-OH is 1. The van der Waals surface area contributed by atoms with E-state index in [2.05, 4.69) is 26.1 Å². The van der Waals surface area contributed by atoms with E-state index in [-0.39, 0.29) is 6.61 Å². The van der Waals surface area contributed by atoms with Crippen molar-refractivity contribution < 1.29 is 14.3 Å². The molecule has 0 saturated carbocycles. The molecule has 0 aliphatic rings. The average Bonchev–Trinajstić information content (AvgIpc) is 2.61. The molecule has 0 saturated heterocycles. The van der Waals surface area contributed by atoms with Gasteiger partial charge in [0.2, 0.25) is 0 Å². The summed E-state index contributed by atoms with van der Waals surface area (Å²) in [5.41, 5.74) is 1.31. The standard InChI is InChI=1S/C22H40NO2/c1-4-5-6-7-8-9-10-11-12-17-23(2,18-19-24)20-21-13-15-22(25-3)16-14-21/h13-16,24H,4-12,17-20H2,1-3H3/q+1. The maximum absolute atomic E-state index is 9.47. The van der Waals surface area contributed by atoms with E-state index in [1.165, 1.54) is 63.4 Å². The third-order valence-corrected chi connectivity index (χ3v) is 5.16. The van der Waals surface area contributed by atoms with Gasteiger partial charge in [-0.25, -0.2) is 0 Å². The maximum atomic E-state index is 9.47. The first kappa shape index (κ1) is 22.0. The average molecular weight is 351 g/mol. The molecule has 0 bridgehead atoms. The topological polar surface area (TPSA) is 29.5 Å². The van der Waals surface area contributed by atoms with Gasteiger partial charge in [-0.2, -0.15) is 0 Å². The Kier molecular flexibility index (Phi) is 11.6. The van der Waals surface area contributed by atoms with Crippen LogP contribution in [0.3, 0.4) is 0 Å². The summed E-state index contributed by atoms with van der Waals surface area (Å²) in [6.45, 7) is 5.46. The zero-order valence-electron chi connectivity index (χ0n) is 16.8. The summed E-state index contributed by atoms with van der Waals surface area (Å²) in [6.07, 6.45) is 12.2. The lowest BCUT2D eigenvalue weighted by Gasteiger charge is -2.34. The van der Waals surface area contributed by atoms with E-state index in [1.807, 2.05) is 12.1 Å². The molecule has 0 radical (unpaired) electrons. The normalized spacial score (nSPS) is 13.6. The van der Waals surface area contributed by atoms with Crippen molar-refractivity contribution in [3.8, 4) is 5.75 Å². The molecule has 1 aromatic carbocycles. The summed E-state index contributed by atoms with van der Waals surface area (Å²) < 4.78 is 6.15. The van der Waals surface area contributed by atoms with Crippen LogP contribution < -0.4 is 4.74 Å². The van der Waals surface area contributed by atoms with E-state index >= 15 is 0 Å². The molecule has 0 spiro atoms. The number of unbranched alkanes of at least 4 members (excludes halogenated alkanes) is 8. The van der Waals surface area contributed by atoms with Crippen LogP contribution in [0.2, 0.25) is 0 Å². The first-order chi connectivity index (χ1) is 12.1. The highest BCUT2D eigenvalue weighted by molar-refractivity contribution is 5.26.